The second kappa shape index (κ2) is 10.6. The van der Waals surface area contributed by atoms with Crippen LogP contribution in [0, 0.1) is 0 Å². The number of hydrogen-bond acceptors (Lipinski definition) is 6. The molecule has 1 saturated heterocycles. The lowest BCUT2D eigenvalue weighted by atomic mass is 10.0. The van der Waals surface area contributed by atoms with Crippen molar-refractivity contribution in [2.24, 2.45) is 0 Å². The van der Waals surface area contributed by atoms with Gasteiger partial charge in [-0.1, -0.05) is 18.2 Å². The molecule has 3 aromatic rings. The van der Waals surface area contributed by atoms with Crippen LogP contribution in [-0.2, 0) is 4.74 Å². The maximum absolute atomic E-state index is 6.57. The maximum Gasteiger partial charge on any atom is 0.142 e. The summed E-state index contributed by atoms with van der Waals surface area (Å²) in [6, 6.07) is 13.9. The van der Waals surface area contributed by atoms with E-state index in [4.69, 9.17) is 15.2 Å². The average Bonchev–Trinajstić information content (AvgIpc) is 3.32. The molecule has 5 nitrogen and oxygen atoms in total. The Hall–Kier alpha value is -2.41. The Bertz CT molecular complexity index is 880. The van der Waals surface area contributed by atoms with Gasteiger partial charge in [-0.2, -0.15) is 11.3 Å². The van der Waals surface area contributed by atoms with E-state index in [-0.39, 0.29) is 12.2 Å². The van der Waals surface area contributed by atoms with E-state index in [1.807, 2.05) is 42.7 Å². The molecule has 0 aliphatic carbocycles. The van der Waals surface area contributed by atoms with Gasteiger partial charge in [0.15, 0.2) is 0 Å². The van der Waals surface area contributed by atoms with Crippen molar-refractivity contribution in [1.29, 1.82) is 0 Å². The summed E-state index contributed by atoms with van der Waals surface area (Å²) in [6.07, 6.45) is 7.05. The van der Waals surface area contributed by atoms with E-state index in [1.165, 1.54) is 5.56 Å². The number of piperidine rings is 1. The van der Waals surface area contributed by atoms with Crippen LogP contribution in [0.4, 0.5) is 5.69 Å². The van der Waals surface area contributed by atoms with Gasteiger partial charge in [0.2, 0.25) is 0 Å². The Morgan fingerprint density at radius 2 is 1.97 bits per heavy atom. The summed E-state index contributed by atoms with van der Waals surface area (Å²) in [5, 5.41) is 4.28. The van der Waals surface area contributed by atoms with Gasteiger partial charge in [0.05, 0.1) is 18.4 Å². The summed E-state index contributed by atoms with van der Waals surface area (Å²) in [6.45, 7) is 3.84. The fourth-order valence-electron chi connectivity index (χ4n) is 3.85. The van der Waals surface area contributed by atoms with Crippen LogP contribution in [0.3, 0.4) is 0 Å². The normalized spacial score (nSPS) is 16.4. The molecule has 1 fully saturated rings. The van der Waals surface area contributed by atoms with Crippen LogP contribution < -0.4 is 10.5 Å². The van der Waals surface area contributed by atoms with Crippen molar-refractivity contribution < 1.29 is 9.47 Å². The lowest BCUT2D eigenvalue weighted by Gasteiger charge is -2.34. The molecule has 30 heavy (non-hydrogen) atoms. The third-order valence-corrected chi connectivity index (χ3v) is 6.19. The first kappa shape index (κ1) is 20.8. The second-order valence-corrected chi connectivity index (χ2v) is 8.42. The van der Waals surface area contributed by atoms with Crippen molar-refractivity contribution in [3.8, 4) is 5.75 Å². The predicted octanol–water partition coefficient (Wildman–Crippen LogP) is 4.76. The number of likely N-dealkylation sites (tertiary alicyclic amines) is 1. The minimum atomic E-state index is -0.0359. The van der Waals surface area contributed by atoms with E-state index < -0.39 is 0 Å². The number of benzene rings is 1. The molecule has 0 spiro atoms. The molecule has 158 valence electrons. The summed E-state index contributed by atoms with van der Waals surface area (Å²) in [5.41, 5.74) is 8.96. The second-order valence-electron chi connectivity index (χ2n) is 7.64. The quantitative estimate of drug-likeness (QED) is 0.397. The highest BCUT2D eigenvalue weighted by molar-refractivity contribution is 7.08. The van der Waals surface area contributed by atoms with Gasteiger partial charge in [-0.3, -0.25) is 4.98 Å². The summed E-state index contributed by atoms with van der Waals surface area (Å²) in [7, 11) is 0. The van der Waals surface area contributed by atoms with Gasteiger partial charge in [-0.15, -0.1) is 0 Å². The highest BCUT2D eigenvalue weighted by Gasteiger charge is 2.25. The number of thiophene rings is 1. The summed E-state index contributed by atoms with van der Waals surface area (Å²) in [4.78, 5) is 6.79. The van der Waals surface area contributed by atoms with Gasteiger partial charge in [0, 0.05) is 37.6 Å². The smallest absolute Gasteiger partial charge is 0.142 e. The number of ether oxygens (including phenoxy) is 2. The van der Waals surface area contributed by atoms with Crippen molar-refractivity contribution in [2.45, 2.75) is 31.5 Å². The van der Waals surface area contributed by atoms with Gasteiger partial charge in [-0.25, -0.2) is 0 Å². The zero-order valence-corrected chi connectivity index (χ0v) is 18.0. The average molecular weight is 424 g/mol. The van der Waals surface area contributed by atoms with Gasteiger partial charge >= 0.3 is 0 Å². The van der Waals surface area contributed by atoms with Gasteiger partial charge in [0.25, 0.3) is 0 Å². The Labute approximate surface area is 182 Å². The highest BCUT2D eigenvalue weighted by atomic mass is 32.1. The number of anilines is 1. The molecule has 0 radical (unpaired) electrons. The van der Waals surface area contributed by atoms with Crippen LogP contribution in [-0.4, -0.2) is 42.2 Å². The van der Waals surface area contributed by atoms with Gasteiger partial charge in [0.1, 0.15) is 11.9 Å². The predicted molar refractivity (Wildman–Crippen MR) is 122 cm³/mol. The molecule has 3 heterocycles. The van der Waals surface area contributed by atoms with E-state index in [1.54, 1.807) is 11.3 Å². The number of nitrogen functional groups attached to an aromatic ring is 1. The number of aromatic nitrogens is 1. The summed E-state index contributed by atoms with van der Waals surface area (Å²) < 4.78 is 12.4. The summed E-state index contributed by atoms with van der Waals surface area (Å²) in [5.74, 6) is 0.777. The van der Waals surface area contributed by atoms with Crippen molar-refractivity contribution >= 4 is 17.0 Å². The SMILES string of the molecule is Nc1ccccc1OCCCN1CCC(OC(c2cccnc2)c2ccsc2)CC1. The Morgan fingerprint density at radius 3 is 2.70 bits per heavy atom. The highest BCUT2D eigenvalue weighted by Crippen LogP contribution is 2.31. The molecule has 0 amide bonds. The minimum Gasteiger partial charge on any atom is -0.491 e. The van der Waals surface area contributed by atoms with E-state index >= 15 is 0 Å². The van der Waals surface area contributed by atoms with Crippen LogP contribution >= 0.6 is 11.3 Å². The van der Waals surface area contributed by atoms with E-state index in [0.29, 0.717) is 12.3 Å². The van der Waals surface area contributed by atoms with E-state index in [9.17, 15) is 0 Å². The van der Waals surface area contributed by atoms with Crippen molar-refractivity contribution in [3.05, 3.63) is 76.7 Å². The first-order chi connectivity index (χ1) is 14.8. The number of nitrogens with zero attached hydrogens (tertiary/aromatic N) is 2. The number of rotatable bonds is 9. The lowest BCUT2D eigenvalue weighted by Crippen LogP contribution is -2.38. The third-order valence-electron chi connectivity index (χ3n) is 5.49. The van der Waals surface area contributed by atoms with Gasteiger partial charge in [-0.05, 0) is 59.9 Å². The third kappa shape index (κ3) is 5.59. The first-order valence-electron chi connectivity index (χ1n) is 10.6. The Balaban J connectivity index is 1.22. The van der Waals surface area contributed by atoms with Crippen LogP contribution in [0.15, 0.2) is 65.6 Å². The van der Waals surface area contributed by atoms with Crippen molar-refractivity contribution in [1.82, 2.24) is 9.88 Å². The molecule has 2 N–H and O–H groups in total. The Morgan fingerprint density at radius 1 is 1.10 bits per heavy atom. The van der Waals surface area contributed by atoms with E-state index in [2.05, 4.69) is 32.8 Å². The number of hydrogen-bond donors (Lipinski definition) is 1. The van der Waals surface area contributed by atoms with Crippen LogP contribution in [0.25, 0.3) is 0 Å². The zero-order valence-electron chi connectivity index (χ0n) is 17.2. The minimum absolute atomic E-state index is 0.0359. The van der Waals surface area contributed by atoms with Gasteiger partial charge < -0.3 is 20.1 Å². The topological polar surface area (TPSA) is 60.6 Å². The molecule has 0 bridgehead atoms. The monoisotopic (exact) mass is 423 g/mol. The molecule has 1 aliphatic rings. The van der Waals surface area contributed by atoms with Crippen LogP contribution in [0.5, 0.6) is 5.75 Å². The Kier molecular flexibility index (Phi) is 7.34. The van der Waals surface area contributed by atoms with Crippen molar-refractivity contribution in [3.63, 3.8) is 0 Å². The van der Waals surface area contributed by atoms with Crippen molar-refractivity contribution in [2.75, 3.05) is 32.0 Å². The fourth-order valence-corrected chi connectivity index (χ4v) is 4.52. The molecule has 6 heteroatoms. The van der Waals surface area contributed by atoms with E-state index in [0.717, 1.165) is 50.2 Å². The maximum atomic E-state index is 6.57. The number of para-hydroxylation sites is 2. The molecular weight excluding hydrogens is 394 g/mol. The lowest BCUT2D eigenvalue weighted by molar-refractivity contribution is -0.0273. The molecule has 1 aromatic carbocycles. The number of pyridine rings is 1. The van der Waals surface area contributed by atoms with Crippen LogP contribution in [0.1, 0.15) is 36.5 Å². The molecule has 1 unspecified atom stereocenters. The molecule has 2 aromatic heterocycles. The molecule has 4 rings (SSSR count). The molecule has 0 saturated carbocycles. The number of nitrogens with two attached hydrogens (primary N) is 1. The van der Waals surface area contributed by atoms with Crippen LogP contribution in [0.2, 0.25) is 0 Å². The molecular formula is C24H29N3O2S. The zero-order chi connectivity index (χ0) is 20.6. The molecule has 1 atom stereocenters. The summed E-state index contributed by atoms with van der Waals surface area (Å²) >= 11 is 1.71. The first-order valence-corrected chi connectivity index (χ1v) is 11.5. The molecule has 1 aliphatic heterocycles. The fraction of sp³-hybridized carbons (Fsp3) is 0.375. The standard InChI is InChI=1S/C24H29N3O2S/c25-22-6-1-2-7-23(22)28-15-4-12-27-13-8-21(9-14-27)29-24(20-10-16-30-18-20)19-5-3-11-26-17-19/h1-3,5-7,10-11,16-18,21,24H,4,8-9,12-15,25H2. The largest absolute Gasteiger partial charge is 0.491 e.